The van der Waals surface area contributed by atoms with Gasteiger partial charge >= 0.3 is 0 Å². The molecule has 1 aromatic carbocycles. The maximum atomic E-state index is 9.28. The highest BCUT2D eigenvalue weighted by Crippen LogP contribution is 2.19. The molecule has 4 heteroatoms. The van der Waals surface area contributed by atoms with Crippen molar-refractivity contribution < 1.29 is 4.89 Å². The molecule has 1 unspecified atom stereocenters. The highest BCUT2D eigenvalue weighted by atomic mass is 31.1. The summed E-state index contributed by atoms with van der Waals surface area (Å²) in [6.07, 6.45) is 5.57. The lowest BCUT2D eigenvalue weighted by molar-refractivity contribution is 0.653. The maximum absolute atomic E-state index is 9.28. The Bertz CT molecular complexity index is 529. The molecule has 0 aliphatic carbocycles. The fraction of sp³-hybridized carbons (Fsp3) is 0.154. The van der Waals surface area contributed by atoms with Gasteiger partial charge in [0.15, 0.2) is 0 Å². The van der Waals surface area contributed by atoms with Crippen LogP contribution in [0.15, 0.2) is 36.5 Å². The lowest BCUT2D eigenvalue weighted by Gasteiger charge is -2.05. The summed E-state index contributed by atoms with van der Waals surface area (Å²) in [7, 11) is -0.249. The van der Waals surface area contributed by atoms with Gasteiger partial charge in [-0.05, 0) is 13.8 Å². The Hall–Kier alpha value is -1.44. The van der Waals surface area contributed by atoms with E-state index in [0.717, 1.165) is 16.8 Å². The van der Waals surface area contributed by atoms with Crippen LogP contribution in [0.25, 0.3) is 17.6 Å². The summed E-state index contributed by atoms with van der Waals surface area (Å²) in [5, 5.41) is 0. The van der Waals surface area contributed by atoms with Crippen LogP contribution in [-0.4, -0.2) is 14.4 Å². The topological polar surface area (TPSA) is 38.0 Å². The Kier molecular flexibility index (Phi) is 3.72. The van der Waals surface area contributed by atoms with Crippen LogP contribution in [0.3, 0.4) is 0 Å². The zero-order chi connectivity index (χ0) is 12.3. The number of imidazole rings is 1. The first-order valence-corrected chi connectivity index (χ1v) is 6.38. The highest BCUT2D eigenvalue weighted by Gasteiger charge is 2.08. The molecule has 88 valence electrons. The first-order chi connectivity index (χ1) is 8.26. The molecule has 1 heterocycles. The summed E-state index contributed by atoms with van der Waals surface area (Å²) >= 11 is 0. The Morgan fingerprint density at radius 1 is 1.29 bits per heavy atom. The van der Waals surface area contributed by atoms with Crippen molar-refractivity contribution in [2.45, 2.75) is 13.8 Å². The van der Waals surface area contributed by atoms with Gasteiger partial charge in [0, 0.05) is 11.8 Å². The molecule has 0 spiro atoms. The molecule has 17 heavy (non-hydrogen) atoms. The van der Waals surface area contributed by atoms with Gasteiger partial charge < -0.3 is 4.89 Å². The second-order valence-corrected chi connectivity index (χ2v) is 4.53. The Morgan fingerprint density at radius 3 is 2.59 bits per heavy atom. The number of allylic oxidation sites excluding steroid dienone is 1. The van der Waals surface area contributed by atoms with Crippen molar-refractivity contribution in [3.05, 3.63) is 42.1 Å². The Labute approximate surface area is 103 Å². The third kappa shape index (κ3) is 2.46. The lowest BCUT2D eigenvalue weighted by atomic mass is 10.1. The van der Waals surface area contributed by atoms with Gasteiger partial charge in [0.25, 0.3) is 0 Å². The first-order valence-electron chi connectivity index (χ1n) is 5.43. The van der Waals surface area contributed by atoms with E-state index < -0.39 is 0 Å². The number of nitrogens with zero attached hydrogens (tertiary/aromatic N) is 2. The summed E-state index contributed by atoms with van der Waals surface area (Å²) in [6, 6.07) is 8.21. The number of benzene rings is 1. The highest BCUT2D eigenvalue weighted by molar-refractivity contribution is 7.40. The standard InChI is InChI=1S/C13H15N2OP/c1-3-8-15-12(17-16)9-14-13(15)11-6-4-10(2)5-7-11/h3-9,16-17H,1-2H3/b8-3-. The second-order valence-electron chi connectivity index (χ2n) is 3.80. The Balaban J connectivity index is 2.51. The van der Waals surface area contributed by atoms with Crippen LogP contribution in [0, 0.1) is 6.92 Å². The van der Waals surface area contributed by atoms with E-state index in [9.17, 15) is 4.89 Å². The van der Waals surface area contributed by atoms with Crippen LogP contribution in [0.1, 0.15) is 12.5 Å². The molecule has 0 radical (unpaired) electrons. The van der Waals surface area contributed by atoms with Gasteiger partial charge in [0.1, 0.15) is 5.82 Å². The fourth-order valence-corrected chi connectivity index (χ4v) is 2.07. The summed E-state index contributed by atoms with van der Waals surface area (Å²) in [5.74, 6) is 0.861. The average molecular weight is 246 g/mol. The predicted octanol–water partition coefficient (Wildman–Crippen LogP) is 2.56. The van der Waals surface area contributed by atoms with Gasteiger partial charge in [-0.2, -0.15) is 0 Å². The normalized spacial score (nSPS) is 11.9. The zero-order valence-corrected chi connectivity index (χ0v) is 10.9. The van der Waals surface area contributed by atoms with Crippen molar-refractivity contribution in [3.63, 3.8) is 0 Å². The molecule has 0 saturated carbocycles. The largest absolute Gasteiger partial charge is 0.371 e. The van der Waals surface area contributed by atoms with Crippen molar-refractivity contribution in [1.82, 2.24) is 9.55 Å². The molecule has 1 atom stereocenters. The monoisotopic (exact) mass is 246 g/mol. The minimum absolute atomic E-state index is 0.249. The molecule has 1 aromatic heterocycles. The smallest absolute Gasteiger partial charge is 0.144 e. The summed E-state index contributed by atoms with van der Waals surface area (Å²) in [5.41, 5.74) is 3.10. The maximum Gasteiger partial charge on any atom is 0.144 e. The molecule has 0 saturated heterocycles. The van der Waals surface area contributed by atoms with Gasteiger partial charge in [-0.1, -0.05) is 35.9 Å². The number of aryl methyl sites for hydroxylation is 1. The van der Waals surface area contributed by atoms with E-state index in [1.165, 1.54) is 5.56 Å². The molecule has 2 rings (SSSR count). The molecule has 0 bridgehead atoms. The van der Waals surface area contributed by atoms with Crippen molar-refractivity contribution in [2.75, 3.05) is 0 Å². The van der Waals surface area contributed by atoms with Crippen molar-refractivity contribution in [3.8, 4) is 11.4 Å². The van der Waals surface area contributed by atoms with Crippen molar-refractivity contribution in [1.29, 1.82) is 0 Å². The number of hydrogen-bond acceptors (Lipinski definition) is 2. The minimum atomic E-state index is -0.249. The number of aromatic nitrogens is 2. The van der Waals surface area contributed by atoms with Gasteiger partial charge in [-0.15, -0.1) is 0 Å². The van der Waals surface area contributed by atoms with E-state index in [4.69, 9.17) is 0 Å². The quantitative estimate of drug-likeness (QED) is 0.845. The van der Waals surface area contributed by atoms with Crippen LogP contribution >= 0.6 is 8.81 Å². The van der Waals surface area contributed by atoms with Gasteiger partial charge in [-0.25, -0.2) is 4.98 Å². The summed E-state index contributed by atoms with van der Waals surface area (Å²) in [6.45, 7) is 4.01. The van der Waals surface area contributed by atoms with E-state index in [0.29, 0.717) is 0 Å². The van der Waals surface area contributed by atoms with Crippen molar-refractivity contribution in [2.24, 2.45) is 0 Å². The van der Waals surface area contributed by atoms with Gasteiger partial charge in [-0.3, -0.25) is 4.57 Å². The van der Waals surface area contributed by atoms with Crippen LogP contribution in [0.5, 0.6) is 0 Å². The van der Waals surface area contributed by atoms with Crippen LogP contribution in [0.4, 0.5) is 0 Å². The summed E-state index contributed by atoms with van der Waals surface area (Å²) in [4.78, 5) is 13.6. The molecule has 0 aliphatic rings. The van der Waals surface area contributed by atoms with E-state index in [1.54, 1.807) is 6.20 Å². The Morgan fingerprint density at radius 2 is 2.00 bits per heavy atom. The SMILES string of the molecule is C/C=C\n1c(PO)cnc1-c1ccc(C)cc1. The van der Waals surface area contributed by atoms with Crippen molar-refractivity contribution >= 4 is 20.4 Å². The molecule has 0 fully saturated rings. The van der Waals surface area contributed by atoms with Crippen LogP contribution in [-0.2, 0) is 0 Å². The lowest BCUT2D eigenvalue weighted by Crippen LogP contribution is -2.06. The molecular weight excluding hydrogens is 231 g/mol. The molecule has 2 aromatic rings. The van der Waals surface area contributed by atoms with Gasteiger partial charge in [0.05, 0.1) is 20.4 Å². The average Bonchev–Trinajstić information content (AvgIpc) is 2.74. The molecule has 1 N–H and O–H groups in total. The summed E-state index contributed by atoms with van der Waals surface area (Å²) < 4.78 is 1.92. The van der Waals surface area contributed by atoms with Gasteiger partial charge in [0.2, 0.25) is 0 Å². The molecule has 0 aliphatic heterocycles. The fourth-order valence-electron chi connectivity index (χ4n) is 1.66. The molecular formula is C13H15N2OP. The van der Waals surface area contributed by atoms with Crippen LogP contribution < -0.4 is 5.44 Å². The zero-order valence-electron chi connectivity index (χ0n) is 9.88. The third-order valence-electron chi connectivity index (χ3n) is 2.52. The van der Waals surface area contributed by atoms with E-state index >= 15 is 0 Å². The predicted molar refractivity (Wildman–Crippen MR) is 73.6 cm³/mol. The first kappa shape index (κ1) is 12.0. The molecule has 3 nitrogen and oxygen atoms in total. The van der Waals surface area contributed by atoms with Crippen LogP contribution in [0.2, 0.25) is 0 Å². The van der Waals surface area contributed by atoms with E-state index in [2.05, 4.69) is 24.0 Å². The number of hydrogen-bond donors (Lipinski definition) is 1. The second kappa shape index (κ2) is 5.26. The molecule has 0 amide bonds. The van der Waals surface area contributed by atoms with E-state index in [-0.39, 0.29) is 8.81 Å². The minimum Gasteiger partial charge on any atom is -0.371 e. The number of rotatable bonds is 3. The third-order valence-corrected chi connectivity index (χ3v) is 3.12. The van der Waals surface area contributed by atoms with E-state index in [1.807, 2.05) is 35.9 Å².